The summed E-state index contributed by atoms with van der Waals surface area (Å²) >= 11 is 0. The monoisotopic (exact) mass is 500 g/mol. The fourth-order valence-electron chi connectivity index (χ4n) is 5.85. The summed E-state index contributed by atoms with van der Waals surface area (Å²) in [5.41, 5.74) is 12.0. The molecular formula is C34H34N3O+. The highest BCUT2D eigenvalue weighted by Gasteiger charge is 2.35. The predicted molar refractivity (Wildman–Crippen MR) is 156 cm³/mol. The molecule has 0 amide bonds. The Morgan fingerprint density at radius 1 is 0.737 bits per heavy atom. The van der Waals surface area contributed by atoms with Crippen LogP contribution in [-0.2, 0) is 12.6 Å². The predicted octanol–water partition coefficient (Wildman–Crippen LogP) is 8.29. The second-order valence-corrected chi connectivity index (χ2v) is 11.4. The van der Waals surface area contributed by atoms with Gasteiger partial charge in [-0.3, -0.25) is 0 Å². The third kappa shape index (κ3) is 3.75. The van der Waals surface area contributed by atoms with Gasteiger partial charge in [-0.2, -0.15) is 0 Å². The Morgan fingerprint density at radius 3 is 2.08 bits per heavy atom. The van der Waals surface area contributed by atoms with Gasteiger partial charge in [0.05, 0.1) is 7.05 Å². The molecule has 190 valence electrons. The molecule has 0 bridgehead atoms. The summed E-state index contributed by atoms with van der Waals surface area (Å²) in [5, 5.41) is 0. The van der Waals surface area contributed by atoms with Gasteiger partial charge in [-0.25, -0.2) is 14.1 Å². The SMILES string of the molecule is Cc1cc(-c2ccccc2)cc(C)c1-c1nc2ccc(C)c(-c3n(C(C)(C)C)c4ccccc4[n+]3C)c2o1. The van der Waals surface area contributed by atoms with Crippen LogP contribution in [0.2, 0.25) is 0 Å². The number of aromatic nitrogens is 3. The van der Waals surface area contributed by atoms with Crippen molar-refractivity contribution < 1.29 is 8.98 Å². The second-order valence-electron chi connectivity index (χ2n) is 11.4. The van der Waals surface area contributed by atoms with E-state index in [1.54, 1.807) is 0 Å². The van der Waals surface area contributed by atoms with Crippen molar-refractivity contribution in [3.05, 3.63) is 95.6 Å². The minimum absolute atomic E-state index is 0.131. The zero-order chi connectivity index (χ0) is 26.8. The Labute approximate surface area is 224 Å². The van der Waals surface area contributed by atoms with Crippen LogP contribution < -0.4 is 4.57 Å². The molecule has 0 radical (unpaired) electrons. The van der Waals surface area contributed by atoms with Gasteiger partial charge in [0.1, 0.15) is 16.6 Å². The first-order valence-corrected chi connectivity index (χ1v) is 13.2. The van der Waals surface area contributed by atoms with E-state index in [9.17, 15) is 0 Å². The average Bonchev–Trinajstić information content (AvgIpc) is 3.43. The molecule has 0 fully saturated rings. The highest BCUT2D eigenvalue weighted by atomic mass is 16.3. The zero-order valence-electron chi connectivity index (χ0n) is 23.3. The van der Waals surface area contributed by atoms with Gasteiger partial charge in [-0.05, 0) is 87.6 Å². The van der Waals surface area contributed by atoms with Gasteiger partial charge in [-0.15, -0.1) is 0 Å². The fourth-order valence-corrected chi connectivity index (χ4v) is 5.85. The molecule has 0 saturated heterocycles. The van der Waals surface area contributed by atoms with Gasteiger partial charge in [-0.1, -0.05) is 60.7 Å². The first-order chi connectivity index (χ1) is 18.1. The van der Waals surface area contributed by atoms with Crippen LogP contribution in [0.5, 0.6) is 0 Å². The Bertz CT molecular complexity index is 1810. The number of fused-ring (bicyclic) bond motifs is 2. The molecule has 4 heteroatoms. The van der Waals surface area contributed by atoms with Crippen molar-refractivity contribution in [3.8, 4) is 34.0 Å². The summed E-state index contributed by atoms with van der Waals surface area (Å²) in [5.74, 6) is 1.79. The van der Waals surface area contributed by atoms with Gasteiger partial charge in [0.2, 0.25) is 5.89 Å². The second kappa shape index (κ2) is 8.70. The summed E-state index contributed by atoms with van der Waals surface area (Å²) in [4.78, 5) is 5.02. The molecule has 0 aliphatic carbocycles. The summed E-state index contributed by atoms with van der Waals surface area (Å²) in [6, 6.07) is 27.8. The van der Waals surface area contributed by atoms with Crippen molar-refractivity contribution in [2.45, 2.75) is 47.1 Å². The van der Waals surface area contributed by atoms with Crippen molar-refractivity contribution in [2.24, 2.45) is 7.05 Å². The number of nitrogens with zero attached hydrogens (tertiary/aromatic N) is 3. The normalized spacial score (nSPS) is 12.1. The van der Waals surface area contributed by atoms with Gasteiger partial charge < -0.3 is 4.42 Å². The number of oxazole rings is 1. The molecule has 2 heterocycles. The number of hydrogen-bond acceptors (Lipinski definition) is 2. The maximum absolute atomic E-state index is 6.71. The fraction of sp³-hybridized carbons (Fsp3) is 0.235. The van der Waals surface area contributed by atoms with Crippen molar-refractivity contribution >= 4 is 22.1 Å². The third-order valence-corrected chi connectivity index (χ3v) is 7.53. The van der Waals surface area contributed by atoms with E-state index in [0.29, 0.717) is 5.89 Å². The number of imidazole rings is 1. The van der Waals surface area contributed by atoms with Crippen molar-refractivity contribution in [3.63, 3.8) is 0 Å². The van der Waals surface area contributed by atoms with Crippen LogP contribution in [0.1, 0.15) is 37.5 Å². The number of aryl methyl sites for hydroxylation is 4. The molecule has 4 aromatic carbocycles. The molecule has 2 aromatic heterocycles. The maximum atomic E-state index is 6.71. The molecule has 38 heavy (non-hydrogen) atoms. The van der Waals surface area contributed by atoms with E-state index < -0.39 is 0 Å². The average molecular weight is 501 g/mol. The number of hydrogen-bond donors (Lipinski definition) is 0. The van der Waals surface area contributed by atoms with Crippen LogP contribution in [-0.4, -0.2) is 9.55 Å². The van der Waals surface area contributed by atoms with Crippen LogP contribution >= 0.6 is 0 Å². The molecule has 0 aliphatic heterocycles. The highest BCUT2D eigenvalue weighted by Crippen LogP contribution is 2.39. The Hall–Kier alpha value is -4.18. The molecule has 0 saturated carbocycles. The molecule has 0 spiro atoms. The molecular weight excluding hydrogens is 466 g/mol. The minimum atomic E-state index is -0.131. The van der Waals surface area contributed by atoms with E-state index in [2.05, 4.69) is 137 Å². The Balaban J connectivity index is 1.60. The summed E-state index contributed by atoms with van der Waals surface area (Å²) in [7, 11) is 2.14. The number of benzene rings is 4. The lowest BCUT2D eigenvalue weighted by atomic mass is 9.95. The van der Waals surface area contributed by atoms with Crippen LogP contribution in [0.15, 0.2) is 83.3 Å². The highest BCUT2D eigenvalue weighted by molar-refractivity contribution is 5.93. The summed E-state index contributed by atoms with van der Waals surface area (Å²) in [6.07, 6.45) is 0. The first-order valence-electron chi connectivity index (χ1n) is 13.2. The van der Waals surface area contributed by atoms with E-state index in [1.807, 2.05) is 0 Å². The van der Waals surface area contributed by atoms with Gasteiger partial charge >= 0.3 is 0 Å². The largest absolute Gasteiger partial charge is 0.435 e. The van der Waals surface area contributed by atoms with E-state index in [-0.39, 0.29) is 5.54 Å². The van der Waals surface area contributed by atoms with Crippen molar-refractivity contribution in [2.75, 3.05) is 0 Å². The summed E-state index contributed by atoms with van der Waals surface area (Å²) in [6.45, 7) is 13.2. The summed E-state index contributed by atoms with van der Waals surface area (Å²) < 4.78 is 11.4. The minimum Gasteiger partial charge on any atom is -0.435 e. The van der Waals surface area contributed by atoms with E-state index in [1.165, 1.54) is 22.2 Å². The van der Waals surface area contributed by atoms with Crippen molar-refractivity contribution in [1.82, 2.24) is 9.55 Å². The molecule has 4 nitrogen and oxygen atoms in total. The number of para-hydroxylation sites is 2. The maximum Gasteiger partial charge on any atom is 0.294 e. The van der Waals surface area contributed by atoms with Gasteiger partial charge in [0.25, 0.3) is 5.82 Å². The molecule has 0 atom stereocenters. The topological polar surface area (TPSA) is 34.8 Å². The van der Waals surface area contributed by atoms with Crippen LogP contribution in [0, 0.1) is 20.8 Å². The lowest BCUT2D eigenvalue weighted by molar-refractivity contribution is -0.634. The van der Waals surface area contributed by atoms with E-state index in [0.717, 1.165) is 44.7 Å². The first kappa shape index (κ1) is 24.2. The van der Waals surface area contributed by atoms with Crippen molar-refractivity contribution in [1.29, 1.82) is 0 Å². The third-order valence-electron chi connectivity index (χ3n) is 7.53. The van der Waals surface area contributed by atoms with Gasteiger partial charge in [0.15, 0.2) is 16.6 Å². The standard InChI is InChI=1S/C34H34N3O/c1-21-17-18-26-31(30(21)33-36(7)27-15-11-12-16-28(27)37(33)34(4,5)6)38-32(35-26)29-22(2)19-25(20-23(29)3)24-13-9-8-10-14-24/h8-20H,1-7H3/q+1. The Morgan fingerprint density at radius 2 is 1.39 bits per heavy atom. The quantitative estimate of drug-likeness (QED) is 0.229. The molecule has 0 N–H and O–H groups in total. The molecule has 0 aliphatic rings. The zero-order valence-corrected chi connectivity index (χ0v) is 23.3. The molecule has 0 unspecified atom stereocenters. The van der Waals surface area contributed by atoms with Gasteiger partial charge in [0, 0.05) is 5.56 Å². The lowest BCUT2D eigenvalue weighted by Crippen LogP contribution is -2.33. The number of rotatable bonds is 3. The van der Waals surface area contributed by atoms with E-state index in [4.69, 9.17) is 9.40 Å². The molecule has 6 aromatic rings. The van der Waals surface area contributed by atoms with Crippen LogP contribution in [0.4, 0.5) is 0 Å². The lowest BCUT2D eigenvalue weighted by Gasteiger charge is -2.18. The van der Waals surface area contributed by atoms with Crippen LogP contribution in [0.25, 0.3) is 56.1 Å². The van der Waals surface area contributed by atoms with Crippen LogP contribution in [0.3, 0.4) is 0 Å². The molecule has 6 rings (SSSR count). The smallest absolute Gasteiger partial charge is 0.294 e. The van der Waals surface area contributed by atoms with E-state index >= 15 is 0 Å². The Kier molecular flexibility index (Phi) is 5.53.